The van der Waals surface area contributed by atoms with Crippen molar-refractivity contribution in [2.75, 3.05) is 17.2 Å². The van der Waals surface area contributed by atoms with E-state index in [1.54, 1.807) is 12.1 Å². The summed E-state index contributed by atoms with van der Waals surface area (Å²) < 4.78 is 13.1. The summed E-state index contributed by atoms with van der Waals surface area (Å²) in [5.41, 5.74) is 2.50. The number of anilines is 2. The zero-order chi connectivity index (χ0) is 21.1. The fourth-order valence-electron chi connectivity index (χ4n) is 3.29. The maximum Gasteiger partial charge on any atom is 0.322 e. The Labute approximate surface area is 176 Å². The van der Waals surface area contributed by atoms with Crippen LogP contribution >= 0.6 is 11.3 Å². The number of benzene rings is 2. The number of amides is 3. The molecule has 1 aliphatic heterocycles. The van der Waals surface area contributed by atoms with E-state index in [-0.39, 0.29) is 17.8 Å². The van der Waals surface area contributed by atoms with Gasteiger partial charge in [0.05, 0.1) is 0 Å². The van der Waals surface area contributed by atoms with Crippen molar-refractivity contribution in [2.45, 2.75) is 25.8 Å². The molecule has 1 atom stereocenters. The topological polar surface area (TPSA) is 87.2 Å². The van der Waals surface area contributed by atoms with Crippen LogP contribution in [0.25, 0.3) is 10.6 Å². The van der Waals surface area contributed by atoms with Crippen LogP contribution in [0, 0.1) is 12.7 Å². The molecule has 2 N–H and O–H groups in total. The Hall–Kier alpha value is -3.33. The minimum atomic E-state index is -0.575. The molecule has 0 spiro atoms. The van der Waals surface area contributed by atoms with Crippen LogP contribution in [0.1, 0.15) is 18.4 Å². The number of likely N-dealkylation sites (tertiary alicyclic amines) is 1. The molecule has 7 nitrogen and oxygen atoms in total. The van der Waals surface area contributed by atoms with Gasteiger partial charge in [0.25, 0.3) is 0 Å². The molecule has 1 aliphatic rings. The third kappa shape index (κ3) is 4.46. The average Bonchev–Trinajstić information content (AvgIpc) is 3.40. The number of carbonyl (C=O) groups is 2. The van der Waals surface area contributed by atoms with Gasteiger partial charge >= 0.3 is 6.03 Å². The minimum absolute atomic E-state index is 0.298. The van der Waals surface area contributed by atoms with Gasteiger partial charge in [0.2, 0.25) is 11.0 Å². The van der Waals surface area contributed by atoms with Gasteiger partial charge in [0.15, 0.2) is 0 Å². The van der Waals surface area contributed by atoms with Crippen molar-refractivity contribution in [3.05, 3.63) is 59.9 Å². The molecule has 30 heavy (non-hydrogen) atoms. The predicted octanol–water partition coefficient (Wildman–Crippen LogP) is 4.29. The summed E-state index contributed by atoms with van der Waals surface area (Å²) in [6.45, 7) is 2.48. The van der Waals surface area contributed by atoms with Gasteiger partial charge in [0, 0.05) is 17.8 Å². The molecule has 3 aromatic rings. The molecule has 9 heteroatoms. The Kier molecular flexibility index (Phi) is 5.71. The predicted molar refractivity (Wildman–Crippen MR) is 114 cm³/mol. The van der Waals surface area contributed by atoms with E-state index in [9.17, 15) is 14.0 Å². The highest BCUT2D eigenvalue weighted by atomic mass is 32.1. The summed E-state index contributed by atoms with van der Waals surface area (Å²) in [6.07, 6.45) is 1.33. The number of rotatable bonds is 4. The maximum atomic E-state index is 13.1. The highest BCUT2D eigenvalue weighted by Gasteiger charge is 2.34. The SMILES string of the molecule is Cc1ccc(NC(=O)N2CCCC2C(=O)Nc2nnc(-c3ccc(F)cc3)s2)cc1. The summed E-state index contributed by atoms with van der Waals surface area (Å²) in [5.74, 6) is -0.629. The molecule has 1 saturated heterocycles. The van der Waals surface area contributed by atoms with Crippen molar-refractivity contribution in [2.24, 2.45) is 0 Å². The van der Waals surface area contributed by atoms with Crippen LogP contribution in [0.15, 0.2) is 48.5 Å². The van der Waals surface area contributed by atoms with Gasteiger partial charge in [-0.05, 0) is 56.2 Å². The molecule has 0 bridgehead atoms. The van der Waals surface area contributed by atoms with Crippen molar-refractivity contribution < 1.29 is 14.0 Å². The number of hydrogen-bond donors (Lipinski definition) is 2. The Morgan fingerprint density at radius 1 is 1.07 bits per heavy atom. The van der Waals surface area contributed by atoms with Crippen molar-refractivity contribution in [3.8, 4) is 10.6 Å². The smallest absolute Gasteiger partial charge is 0.312 e. The van der Waals surface area contributed by atoms with Crippen molar-refractivity contribution >= 4 is 34.1 Å². The first kappa shape index (κ1) is 20.0. The van der Waals surface area contributed by atoms with Gasteiger partial charge in [-0.25, -0.2) is 9.18 Å². The first-order valence-electron chi connectivity index (χ1n) is 9.54. The molecule has 2 heterocycles. The van der Waals surface area contributed by atoms with Crippen LogP contribution in [0.4, 0.5) is 20.0 Å². The largest absolute Gasteiger partial charge is 0.322 e. The van der Waals surface area contributed by atoms with E-state index in [0.29, 0.717) is 28.8 Å². The summed E-state index contributed by atoms with van der Waals surface area (Å²) in [6, 6.07) is 12.5. The molecule has 1 unspecified atom stereocenters. The summed E-state index contributed by atoms with van der Waals surface area (Å²) in [4.78, 5) is 27.0. The van der Waals surface area contributed by atoms with Crippen molar-refractivity contribution in [3.63, 3.8) is 0 Å². The van der Waals surface area contributed by atoms with Crippen LogP contribution in [0.5, 0.6) is 0 Å². The van der Waals surface area contributed by atoms with Crippen LogP contribution in [-0.4, -0.2) is 39.6 Å². The van der Waals surface area contributed by atoms with Gasteiger partial charge in [-0.2, -0.15) is 0 Å². The van der Waals surface area contributed by atoms with E-state index in [4.69, 9.17) is 0 Å². The zero-order valence-electron chi connectivity index (χ0n) is 16.3. The van der Waals surface area contributed by atoms with E-state index in [2.05, 4.69) is 20.8 Å². The molecular weight excluding hydrogens is 405 g/mol. The lowest BCUT2D eigenvalue weighted by Crippen LogP contribution is -2.45. The van der Waals surface area contributed by atoms with Crippen LogP contribution in [-0.2, 0) is 4.79 Å². The highest BCUT2D eigenvalue weighted by molar-refractivity contribution is 7.18. The Bertz CT molecular complexity index is 1050. The van der Waals surface area contributed by atoms with Crippen LogP contribution < -0.4 is 10.6 Å². The van der Waals surface area contributed by atoms with E-state index in [0.717, 1.165) is 17.5 Å². The number of nitrogens with zero attached hydrogens (tertiary/aromatic N) is 3. The summed E-state index contributed by atoms with van der Waals surface area (Å²) in [7, 11) is 0. The second kappa shape index (κ2) is 8.58. The molecule has 1 aromatic heterocycles. The lowest BCUT2D eigenvalue weighted by Gasteiger charge is -2.23. The van der Waals surface area contributed by atoms with Gasteiger partial charge < -0.3 is 10.2 Å². The molecule has 4 rings (SSSR count). The Morgan fingerprint density at radius 2 is 1.80 bits per heavy atom. The van der Waals surface area contributed by atoms with Crippen molar-refractivity contribution in [1.29, 1.82) is 0 Å². The van der Waals surface area contributed by atoms with Crippen LogP contribution in [0.3, 0.4) is 0 Å². The fourth-order valence-corrected chi connectivity index (χ4v) is 4.04. The Balaban J connectivity index is 1.40. The second-order valence-corrected chi connectivity index (χ2v) is 8.03. The quantitative estimate of drug-likeness (QED) is 0.653. The number of aromatic nitrogens is 2. The number of carbonyl (C=O) groups excluding carboxylic acids is 2. The van der Waals surface area contributed by atoms with Gasteiger partial charge in [-0.15, -0.1) is 10.2 Å². The van der Waals surface area contributed by atoms with Gasteiger partial charge in [-0.1, -0.05) is 29.0 Å². The average molecular weight is 425 g/mol. The number of halogens is 1. The first-order chi connectivity index (χ1) is 14.5. The van der Waals surface area contributed by atoms with E-state index in [1.807, 2.05) is 31.2 Å². The molecule has 1 fully saturated rings. The monoisotopic (exact) mass is 425 g/mol. The summed E-state index contributed by atoms with van der Waals surface area (Å²) >= 11 is 1.20. The number of nitrogens with one attached hydrogen (secondary N) is 2. The van der Waals surface area contributed by atoms with Crippen LogP contribution in [0.2, 0.25) is 0 Å². The molecule has 0 saturated carbocycles. The summed E-state index contributed by atoms with van der Waals surface area (Å²) in [5, 5.41) is 14.6. The van der Waals surface area contributed by atoms with E-state index >= 15 is 0 Å². The molecule has 2 aromatic carbocycles. The second-order valence-electron chi connectivity index (χ2n) is 7.06. The normalized spacial score (nSPS) is 15.8. The molecule has 0 radical (unpaired) electrons. The van der Waals surface area contributed by atoms with Crippen molar-refractivity contribution in [1.82, 2.24) is 15.1 Å². The van der Waals surface area contributed by atoms with E-state index < -0.39 is 6.04 Å². The lowest BCUT2D eigenvalue weighted by molar-refractivity contribution is -0.119. The molecular formula is C21H20FN5O2S. The molecule has 3 amide bonds. The minimum Gasteiger partial charge on any atom is -0.312 e. The third-order valence-corrected chi connectivity index (χ3v) is 5.75. The lowest BCUT2D eigenvalue weighted by atomic mass is 10.2. The van der Waals surface area contributed by atoms with Gasteiger partial charge in [-0.3, -0.25) is 10.1 Å². The third-order valence-electron chi connectivity index (χ3n) is 4.87. The number of aryl methyl sites for hydroxylation is 1. The van der Waals surface area contributed by atoms with E-state index in [1.165, 1.54) is 28.4 Å². The first-order valence-corrected chi connectivity index (χ1v) is 10.4. The zero-order valence-corrected chi connectivity index (χ0v) is 17.1. The maximum absolute atomic E-state index is 13.1. The standard InChI is InChI=1S/C21H20FN5O2S/c1-13-4-10-16(11-5-13)23-21(29)27-12-2-3-17(27)18(28)24-20-26-25-19(30-20)14-6-8-15(22)9-7-14/h4-11,17H,2-3,12H2,1H3,(H,23,29)(H,24,26,28). The highest BCUT2D eigenvalue weighted by Crippen LogP contribution is 2.27. The number of hydrogen-bond acceptors (Lipinski definition) is 5. The fraction of sp³-hybridized carbons (Fsp3) is 0.238. The molecule has 154 valence electrons. The Morgan fingerprint density at radius 3 is 2.53 bits per heavy atom. The van der Waals surface area contributed by atoms with Gasteiger partial charge in [0.1, 0.15) is 16.9 Å². The number of urea groups is 1. The molecule has 0 aliphatic carbocycles.